The van der Waals surface area contributed by atoms with Crippen LogP contribution >= 0.6 is 0 Å². The van der Waals surface area contributed by atoms with Crippen LogP contribution in [0, 0.1) is 0 Å². The predicted molar refractivity (Wildman–Crippen MR) is 96.1 cm³/mol. The highest BCUT2D eigenvalue weighted by molar-refractivity contribution is 5.92. The van der Waals surface area contributed by atoms with Crippen LogP contribution in [0.3, 0.4) is 0 Å². The van der Waals surface area contributed by atoms with Gasteiger partial charge in [-0.2, -0.15) is 0 Å². The lowest BCUT2D eigenvalue weighted by Crippen LogP contribution is -2.28. The molecule has 0 aliphatic carbocycles. The largest absolute Gasteiger partial charge is 0.497 e. The number of rotatable bonds is 7. The van der Waals surface area contributed by atoms with Crippen LogP contribution in [-0.2, 0) is 11.3 Å². The maximum atomic E-state index is 12.5. The van der Waals surface area contributed by atoms with Gasteiger partial charge in [-0.15, -0.1) is 0 Å². The number of nitrogens with zero attached hydrogens (tertiary/aromatic N) is 1. The molecule has 2 aromatic rings. The Morgan fingerprint density at radius 2 is 1.83 bits per heavy atom. The summed E-state index contributed by atoms with van der Waals surface area (Å²) in [5.74, 6) is 1.39. The second-order valence-corrected chi connectivity index (χ2v) is 5.28. The minimum Gasteiger partial charge on any atom is -0.497 e. The van der Waals surface area contributed by atoms with Gasteiger partial charge in [0.05, 0.1) is 14.2 Å². The van der Waals surface area contributed by atoms with E-state index in [1.807, 2.05) is 55.5 Å². The fourth-order valence-corrected chi connectivity index (χ4v) is 2.39. The molecule has 0 atom stereocenters. The van der Waals surface area contributed by atoms with E-state index in [4.69, 9.17) is 9.47 Å². The van der Waals surface area contributed by atoms with Crippen molar-refractivity contribution in [3.8, 4) is 11.5 Å². The first kappa shape index (κ1) is 17.6. The minimum atomic E-state index is -0.0359. The van der Waals surface area contributed by atoms with Crippen molar-refractivity contribution in [3.63, 3.8) is 0 Å². The number of carbonyl (C=O) groups is 1. The number of carbonyl (C=O) groups excluding carboxylic acids is 1. The van der Waals surface area contributed by atoms with Crippen LogP contribution in [-0.4, -0.2) is 31.6 Å². The summed E-state index contributed by atoms with van der Waals surface area (Å²) in [6, 6.07) is 15.5. The summed E-state index contributed by atoms with van der Waals surface area (Å²) >= 11 is 0. The molecule has 0 bridgehead atoms. The van der Waals surface area contributed by atoms with Crippen molar-refractivity contribution in [2.75, 3.05) is 20.8 Å². The molecule has 0 spiro atoms. The summed E-state index contributed by atoms with van der Waals surface area (Å²) in [5, 5.41) is 0. The summed E-state index contributed by atoms with van der Waals surface area (Å²) in [6.45, 7) is 3.21. The Labute approximate surface area is 143 Å². The second kappa shape index (κ2) is 8.77. The van der Waals surface area contributed by atoms with Gasteiger partial charge in [0, 0.05) is 24.7 Å². The zero-order valence-corrected chi connectivity index (χ0v) is 14.4. The Balaban J connectivity index is 2.13. The molecule has 4 heteroatoms. The molecule has 0 saturated heterocycles. The molecule has 4 nitrogen and oxygen atoms in total. The molecule has 126 valence electrons. The summed E-state index contributed by atoms with van der Waals surface area (Å²) in [7, 11) is 3.22. The molecule has 0 N–H and O–H groups in total. The third-order valence-electron chi connectivity index (χ3n) is 3.75. The second-order valence-electron chi connectivity index (χ2n) is 5.28. The lowest BCUT2D eigenvalue weighted by atomic mass is 10.1. The average Bonchev–Trinajstić information content (AvgIpc) is 2.64. The quantitative estimate of drug-likeness (QED) is 0.728. The molecule has 2 aromatic carbocycles. The molecule has 0 radical (unpaired) electrons. The number of hydrogen-bond donors (Lipinski definition) is 0. The molecule has 0 saturated carbocycles. The zero-order valence-electron chi connectivity index (χ0n) is 14.4. The molecule has 1 amide bonds. The summed E-state index contributed by atoms with van der Waals surface area (Å²) in [5.41, 5.74) is 1.92. The summed E-state index contributed by atoms with van der Waals surface area (Å²) < 4.78 is 10.6. The maximum Gasteiger partial charge on any atom is 0.246 e. The van der Waals surface area contributed by atoms with Crippen LogP contribution in [0.5, 0.6) is 11.5 Å². The van der Waals surface area contributed by atoms with Gasteiger partial charge in [0.1, 0.15) is 11.5 Å². The van der Waals surface area contributed by atoms with Crippen molar-refractivity contribution in [1.82, 2.24) is 4.90 Å². The van der Waals surface area contributed by atoms with Crippen molar-refractivity contribution in [2.24, 2.45) is 0 Å². The van der Waals surface area contributed by atoms with E-state index in [1.165, 1.54) is 0 Å². The fourth-order valence-electron chi connectivity index (χ4n) is 2.39. The van der Waals surface area contributed by atoms with Gasteiger partial charge in [-0.25, -0.2) is 0 Å². The first-order valence-corrected chi connectivity index (χ1v) is 7.90. The van der Waals surface area contributed by atoms with Crippen molar-refractivity contribution in [1.29, 1.82) is 0 Å². The number of likely N-dealkylation sites (N-methyl/N-ethyl adjacent to an activating group) is 1. The van der Waals surface area contributed by atoms with Gasteiger partial charge in [-0.1, -0.05) is 30.3 Å². The molecule has 0 heterocycles. The van der Waals surface area contributed by atoms with Crippen molar-refractivity contribution < 1.29 is 14.3 Å². The van der Waals surface area contributed by atoms with E-state index in [2.05, 4.69) is 0 Å². The van der Waals surface area contributed by atoms with Gasteiger partial charge in [0.25, 0.3) is 0 Å². The monoisotopic (exact) mass is 325 g/mol. The van der Waals surface area contributed by atoms with Gasteiger partial charge in [-0.05, 0) is 36.8 Å². The molecule has 2 rings (SSSR count). The van der Waals surface area contributed by atoms with E-state index in [1.54, 1.807) is 31.3 Å². The van der Waals surface area contributed by atoms with E-state index in [0.717, 1.165) is 16.9 Å². The SMILES string of the molecule is CCN(Cc1ccccc1)C(=O)/C=C/c1cc(OC)ccc1OC. The van der Waals surface area contributed by atoms with Crippen molar-refractivity contribution >= 4 is 12.0 Å². The molecule has 0 fully saturated rings. The first-order valence-electron chi connectivity index (χ1n) is 7.90. The van der Waals surface area contributed by atoms with Gasteiger partial charge < -0.3 is 14.4 Å². The normalized spacial score (nSPS) is 10.6. The minimum absolute atomic E-state index is 0.0359. The molecule has 0 aliphatic rings. The fraction of sp³-hybridized carbons (Fsp3) is 0.250. The van der Waals surface area contributed by atoms with Crippen LogP contribution in [0.2, 0.25) is 0 Å². The van der Waals surface area contributed by atoms with E-state index >= 15 is 0 Å². The predicted octanol–water partition coefficient (Wildman–Crippen LogP) is 3.77. The number of benzene rings is 2. The zero-order chi connectivity index (χ0) is 17.4. The highest BCUT2D eigenvalue weighted by Gasteiger charge is 2.09. The molecular weight excluding hydrogens is 302 g/mol. The van der Waals surface area contributed by atoms with Crippen LogP contribution < -0.4 is 9.47 Å². The van der Waals surface area contributed by atoms with Crippen molar-refractivity contribution in [2.45, 2.75) is 13.5 Å². The Hall–Kier alpha value is -2.75. The molecule has 0 unspecified atom stereocenters. The smallest absolute Gasteiger partial charge is 0.246 e. The number of methoxy groups -OCH3 is 2. The topological polar surface area (TPSA) is 38.8 Å². The van der Waals surface area contributed by atoms with Crippen molar-refractivity contribution in [3.05, 3.63) is 65.7 Å². The Morgan fingerprint density at radius 1 is 1.08 bits per heavy atom. The van der Waals surface area contributed by atoms with Gasteiger partial charge in [-0.3, -0.25) is 4.79 Å². The Bertz CT molecular complexity index is 695. The lowest BCUT2D eigenvalue weighted by molar-refractivity contribution is -0.126. The number of ether oxygens (including phenoxy) is 2. The Kier molecular flexibility index (Phi) is 6.43. The number of amides is 1. The van der Waals surface area contributed by atoms with Crippen LogP contribution in [0.4, 0.5) is 0 Å². The molecule has 0 aliphatic heterocycles. The summed E-state index contributed by atoms with van der Waals surface area (Å²) in [6.07, 6.45) is 3.33. The first-order chi connectivity index (χ1) is 11.7. The van der Waals surface area contributed by atoms with Crippen LogP contribution in [0.15, 0.2) is 54.6 Å². The van der Waals surface area contributed by atoms with Crippen LogP contribution in [0.25, 0.3) is 6.08 Å². The third kappa shape index (κ3) is 4.62. The highest BCUT2D eigenvalue weighted by atomic mass is 16.5. The van der Waals surface area contributed by atoms with E-state index < -0.39 is 0 Å². The van der Waals surface area contributed by atoms with E-state index in [9.17, 15) is 4.79 Å². The van der Waals surface area contributed by atoms with Crippen LogP contribution in [0.1, 0.15) is 18.1 Å². The Morgan fingerprint density at radius 3 is 2.46 bits per heavy atom. The number of hydrogen-bond acceptors (Lipinski definition) is 3. The lowest BCUT2D eigenvalue weighted by Gasteiger charge is -2.19. The average molecular weight is 325 g/mol. The summed E-state index contributed by atoms with van der Waals surface area (Å²) in [4.78, 5) is 14.3. The standard InChI is InChI=1S/C20H23NO3/c1-4-21(15-16-8-6-5-7-9-16)20(22)13-10-17-14-18(23-2)11-12-19(17)24-3/h5-14H,4,15H2,1-3H3/b13-10+. The third-order valence-corrected chi connectivity index (χ3v) is 3.75. The molecular formula is C20H23NO3. The highest BCUT2D eigenvalue weighted by Crippen LogP contribution is 2.25. The van der Waals surface area contributed by atoms with Gasteiger partial charge >= 0.3 is 0 Å². The van der Waals surface area contributed by atoms with Gasteiger partial charge in [0.2, 0.25) is 5.91 Å². The van der Waals surface area contributed by atoms with Gasteiger partial charge in [0.15, 0.2) is 0 Å². The molecule has 0 aromatic heterocycles. The van der Waals surface area contributed by atoms with E-state index in [-0.39, 0.29) is 5.91 Å². The van der Waals surface area contributed by atoms with E-state index in [0.29, 0.717) is 18.8 Å². The molecule has 24 heavy (non-hydrogen) atoms. The maximum absolute atomic E-state index is 12.5.